The van der Waals surface area contributed by atoms with Crippen LogP contribution in [0.1, 0.15) is 52.1 Å². The molecule has 2 aromatic rings. The Labute approximate surface area is 254 Å². The summed E-state index contributed by atoms with van der Waals surface area (Å²) in [5.74, 6) is -3.81. The van der Waals surface area contributed by atoms with E-state index >= 15 is 8.78 Å². The van der Waals surface area contributed by atoms with Crippen LogP contribution in [0.25, 0.3) is 11.0 Å². The predicted octanol–water partition coefficient (Wildman–Crippen LogP) is 4.06. The molecule has 3 unspecified atom stereocenters. The van der Waals surface area contributed by atoms with Gasteiger partial charge in [-0.3, -0.25) is 9.59 Å². The summed E-state index contributed by atoms with van der Waals surface area (Å²) in [5, 5.41) is 12.7. The van der Waals surface area contributed by atoms with E-state index in [2.05, 4.69) is 15.3 Å². The fourth-order valence-electron chi connectivity index (χ4n) is 6.55. The highest BCUT2D eigenvalue weighted by molar-refractivity contribution is 5.92. The number of nitrogens with zero attached hydrogens (tertiary/aromatic N) is 3. The summed E-state index contributed by atoms with van der Waals surface area (Å²) in [6.07, 6.45) is 0.433. The molecule has 0 radical (unpaired) electrons. The summed E-state index contributed by atoms with van der Waals surface area (Å²) in [6, 6.07) is 4.07. The standard InChI is InChI=1S/C31H40F2N4O7/c1-16(2)27(39)26-17(3)7-9-37(26)25(38)14-34-30(41)44-24-12-18-11-20(18)21(24)15-43-10-8-31(32,33)28-29(40)36-23-13-19(42-4)5-6-22(23)35-28/h5-6,13,16-18,20-21,24,26H,7-12,14-15H2,1-4H3,(H,34,41)(H,36,40)/t17-,18?,20?,21-,24?,26+/m1/s1. The van der Waals surface area contributed by atoms with E-state index < -0.39 is 42.2 Å². The third-order valence-corrected chi connectivity index (χ3v) is 9.13. The lowest BCUT2D eigenvalue weighted by Crippen LogP contribution is -2.48. The molecule has 1 aliphatic heterocycles. The van der Waals surface area contributed by atoms with E-state index in [0.717, 1.165) is 12.8 Å². The maximum absolute atomic E-state index is 15.0. The van der Waals surface area contributed by atoms with E-state index in [1.165, 1.54) is 19.2 Å². The fraction of sp³-hybridized carbons (Fsp3) is 0.645. The van der Waals surface area contributed by atoms with Crippen LogP contribution in [0.2, 0.25) is 0 Å². The molecule has 6 atom stereocenters. The van der Waals surface area contributed by atoms with Gasteiger partial charge < -0.3 is 29.5 Å². The van der Waals surface area contributed by atoms with E-state index in [0.29, 0.717) is 24.6 Å². The van der Waals surface area contributed by atoms with Crippen LogP contribution >= 0.6 is 0 Å². The number of alkyl carbamates (subject to hydrolysis) is 1. The molecule has 1 saturated heterocycles. The van der Waals surface area contributed by atoms with Gasteiger partial charge in [0.25, 0.3) is 5.92 Å². The number of likely N-dealkylation sites (tertiary alicyclic amines) is 1. The summed E-state index contributed by atoms with van der Waals surface area (Å²) >= 11 is 0. The van der Waals surface area contributed by atoms with Crippen LogP contribution in [-0.4, -0.2) is 83.3 Å². The van der Waals surface area contributed by atoms with Crippen molar-refractivity contribution in [2.75, 3.05) is 33.4 Å². The van der Waals surface area contributed by atoms with Crippen LogP contribution in [0, 0.1) is 29.6 Å². The fourth-order valence-corrected chi connectivity index (χ4v) is 6.55. The number of ether oxygens (including phenoxy) is 3. The number of halogens is 2. The van der Waals surface area contributed by atoms with Crippen molar-refractivity contribution in [2.45, 2.75) is 64.5 Å². The second-order valence-corrected chi connectivity index (χ2v) is 12.5. The molecule has 1 aromatic heterocycles. The molecular weight excluding hydrogens is 578 g/mol. The number of aromatic hydroxyl groups is 1. The van der Waals surface area contributed by atoms with Crippen LogP contribution in [-0.2, 0) is 25.0 Å². The second-order valence-electron chi connectivity index (χ2n) is 12.5. The Morgan fingerprint density at radius 2 is 1.95 bits per heavy atom. The molecule has 2 heterocycles. The van der Waals surface area contributed by atoms with Crippen LogP contribution < -0.4 is 10.1 Å². The average molecular weight is 619 g/mol. The molecule has 2 N–H and O–H groups in total. The molecular formula is C31H40F2N4O7. The zero-order valence-corrected chi connectivity index (χ0v) is 25.4. The molecule has 0 bridgehead atoms. The smallest absolute Gasteiger partial charge is 0.407 e. The van der Waals surface area contributed by atoms with Crippen molar-refractivity contribution in [1.82, 2.24) is 20.2 Å². The number of fused-ring (bicyclic) bond motifs is 2. The Bertz CT molecular complexity index is 1410. The molecule has 2 amide bonds. The topological polar surface area (TPSA) is 140 Å². The molecule has 3 aliphatic rings. The van der Waals surface area contributed by atoms with Gasteiger partial charge in [0.1, 0.15) is 18.4 Å². The van der Waals surface area contributed by atoms with Gasteiger partial charge in [-0.25, -0.2) is 14.8 Å². The highest BCUT2D eigenvalue weighted by Gasteiger charge is 2.55. The number of carbonyl (C=O) groups is 3. The third-order valence-electron chi connectivity index (χ3n) is 9.13. The minimum atomic E-state index is -3.49. The molecule has 240 valence electrons. The number of amides is 2. The van der Waals surface area contributed by atoms with Crippen molar-refractivity contribution in [1.29, 1.82) is 0 Å². The number of nitrogens with one attached hydrogen (secondary N) is 1. The molecule has 13 heteroatoms. The van der Waals surface area contributed by atoms with E-state index in [1.54, 1.807) is 11.0 Å². The minimum Gasteiger partial charge on any atom is -0.497 e. The van der Waals surface area contributed by atoms with Gasteiger partial charge in [0.05, 0.1) is 37.4 Å². The monoisotopic (exact) mass is 618 g/mol. The average Bonchev–Trinajstić information content (AvgIpc) is 3.51. The maximum Gasteiger partial charge on any atom is 0.407 e. The Morgan fingerprint density at radius 3 is 2.68 bits per heavy atom. The molecule has 5 rings (SSSR count). The number of benzene rings is 1. The molecule has 44 heavy (non-hydrogen) atoms. The van der Waals surface area contributed by atoms with Gasteiger partial charge in [0, 0.05) is 30.9 Å². The first-order valence-electron chi connectivity index (χ1n) is 15.2. The molecule has 3 fully saturated rings. The summed E-state index contributed by atoms with van der Waals surface area (Å²) in [5.41, 5.74) is -0.394. The molecule has 0 spiro atoms. The first-order chi connectivity index (χ1) is 20.9. The van der Waals surface area contributed by atoms with Crippen LogP contribution in [0.15, 0.2) is 18.2 Å². The van der Waals surface area contributed by atoms with E-state index in [4.69, 9.17) is 14.2 Å². The van der Waals surface area contributed by atoms with Gasteiger partial charge in [-0.15, -0.1) is 0 Å². The summed E-state index contributed by atoms with van der Waals surface area (Å²) in [7, 11) is 1.46. The van der Waals surface area contributed by atoms with Crippen molar-refractivity contribution in [3.05, 3.63) is 23.9 Å². The number of rotatable bonds is 12. The lowest BCUT2D eigenvalue weighted by molar-refractivity contribution is -0.138. The summed E-state index contributed by atoms with van der Waals surface area (Å²) in [4.78, 5) is 47.4. The number of methoxy groups -OCH3 is 1. The van der Waals surface area contributed by atoms with Crippen LogP contribution in [0.5, 0.6) is 11.6 Å². The summed E-state index contributed by atoms with van der Waals surface area (Å²) in [6.45, 7) is 5.59. The quantitative estimate of drug-likeness (QED) is 0.337. The van der Waals surface area contributed by atoms with Gasteiger partial charge in [0.15, 0.2) is 11.5 Å². The number of Topliss-reactive ketones (excluding diaryl/α,β-unsaturated/α-hetero) is 1. The zero-order valence-electron chi connectivity index (χ0n) is 25.4. The van der Waals surface area contributed by atoms with Crippen molar-refractivity contribution < 1.29 is 42.5 Å². The van der Waals surface area contributed by atoms with E-state index in [-0.39, 0.29) is 66.2 Å². The van der Waals surface area contributed by atoms with Crippen LogP contribution in [0.3, 0.4) is 0 Å². The summed E-state index contributed by atoms with van der Waals surface area (Å²) < 4.78 is 46.4. The number of carbonyl (C=O) groups excluding carboxylic acids is 3. The van der Waals surface area contributed by atoms with Crippen molar-refractivity contribution in [2.24, 2.45) is 29.6 Å². The molecule has 2 saturated carbocycles. The maximum atomic E-state index is 15.0. The lowest BCUT2D eigenvalue weighted by Gasteiger charge is -2.27. The van der Waals surface area contributed by atoms with E-state index in [9.17, 15) is 19.5 Å². The number of hydrogen-bond donors (Lipinski definition) is 2. The molecule has 11 nitrogen and oxygen atoms in total. The first kappa shape index (κ1) is 31.8. The Balaban J connectivity index is 1.09. The SMILES string of the molecule is COc1ccc2nc(C(F)(F)CCOC[C@H]3C(OC(=O)NCC(=O)N4CC[C@@H](C)[C@H]4C(=O)C(C)C)CC4CC43)c(O)nc2c1. The van der Waals surface area contributed by atoms with Gasteiger partial charge >= 0.3 is 6.09 Å². The normalized spacial score (nSPS) is 26.1. The lowest BCUT2D eigenvalue weighted by atomic mass is 9.92. The van der Waals surface area contributed by atoms with E-state index in [1.807, 2.05) is 20.8 Å². The Kier molecular flexibility index (Phi) is 9.24. The number of hydrogen-bond acceptors (Lipinski definition) is 9. The molecule has 1 aromatic carbocycles. The van der Waals surface area contributed by atoms with Gasteiger partial charge in [-0.1, -0.05) is 20.8 Å². The Morgan fingerprint density at radius 1 is 1.18 bits per heavy atom. The number of aromatic nitrogens is 2. The minimum absolute atomic E-state index is 0.0137. The van der Waals surface area contributed by atoms with Crippen molar-refractivity contribution in [3.63, 3.8) is 0 Å². The first-order valence-corrected chi connectivity index (χ1v) is 15.2. The predicted molar refractivity (Wildman–Crippen MR) is 154 cm³/mol. The second kappa shape index (κ2) is 12.8. The van der Waals surface area contributed by atoms with Crippen LogP contribution in [0.4, 0.5) is 13.6 Å². The largest absolute Gasteiger partial charge is 0.497 e. The number of ketones is 1. The van der Waals surface area contributed by atoms with Gasteiger partial charge in [0.2, 0.25) is 11.8 Å². The zero-order chi connectivity index (χ0) is 31.8. The highest BCUT2D eigenvalue weighted by Crippen LogP contribution is 2.56. The van der Waals surface area contributed by atoms with Gasteiger partial charge in [-0.05, 0) is 49.1 Å². The van der Waals surface area contributed by atoms with Gasteiger partial charge in [-0.2, -0.15) is 8.78 Å². The van der Waals surface area contributed by atoms with Crippen molar-refractivity contribution >= 4 is 28.8 Å². The Hall–Kier alpha value is -3.61. The van der Waals surface area contributed by atoms with Crippen molar-refractivity contribution in [3.8, 4) is 11.6 Å². The molecule has 2 aliphatic carbocycles. The number of alkyl halides is 2. The highest BCUT2D eigenvalue weighted by atomic mass is 19.3. The third kappa shape index (κ3) is 6.72.